The van der Waals surface area contributed by atoms with Gasteiger partial charge in [-0.3, -0.25) is 0 Å². The van der Waals surface area contributed by atoms with E-state index in [1.165, 1.54) is 0 Å². The zero-order valence-corrected chi connectivity index (χ0v) is 9.71. The van der Waals surface area contributed by atoms with E-state index in [9.17, 15) is 0 Å². The number of aromatic nitrogens is 4. The lowest BCUT2D eigenvalue weighted by Crippen LogP contribution is -1.97. The van der Waals surface area contributed by atoms with Crippen LogP contribution in [0, 0.1) is 0 Å². The molecule has 6 heteroatoms. The summed E-state index contributed by atoms with van der Waals surface area (Å²) in [5.74, 6) is 0.947. The first-order valence-electron chi connectivity index (χ1n) is 5.39. The van der Waals surface area contributed by atoms with Crippen LogP contribution in [0.2, 0.25) is 0 Å². The summed E-state index contributed by atoms with van der Waals surface area (Å²) in [5.41, 5.74) is 7.80. The first-order valence-corrected chi connectivity index (χ1v) is 5.39. The average molecular weight is 241 g/mol. The normalized spacial score (nSPS) is 10.7. The fourth-order valence-corrected chi connectivity index (χ4v) is 1.84. The van der Waals surface area contributed by atoms with Crippen molar-refractivity contribution in [2.45, 2.75) is 0 Å². The van der Waals surface area contributed by atoms with E-state index in [2.05, 4.69) is 20.2 Å². The monoisotopic (exact) mass is 241 g/mol. The van der Waals surface area contributed by atoms with Crippen LogP contribution < -0.4 is 10.5 Å². The second kappa shape index (κ2) is 3.99. The van der Waals surface area contributed by atoms with E-state index in [4.69, 9.17) is 10.5 Å². The highest BCUT2D eigenvalue weighted by Gasteiger charge is 2.08. The number of ether oxygens (including phenoxy) is 1. The molecule has 1 aromatic carbocycles. The lowest BCUT2D eigenvalue weighted by molar-refractivity contribution is 0.419. The van der Waals surface area contributed by atoms with Crippen molar-refractivity contribution in [3.8, 4) is 17.1 Å². The summed E-state index contributed by atoms with van der Waals surface area (Å²) in [6, 6.07) is 7.80. The Morgan fingerprint density at radius 2 is 2.17 bits per heavy atom. The number of nitrogens with one attached hydrogen (secondary N) is 1. The van der Waals surface area contributed by atoms with Crippen LogP contribution >= 0.6 is 0 Å². The number of para-hydroxylation sites is 1. The standard InChI is InChI=1S/C12H11N5O/c1-18-10-4-2-3-7-5-8(15-11(7)10)9-6-14-12(13)17-16-9/h2-6,15H,1H3,(H2,13,14,17). The van der Waals surface area contributed by atoms with Crippen LogP contribution in [0.25, 0.3) is 22.3 Å². The number of methoxy groups -OCH3 is 1. The predicted molar refractivity (Wildman–Crippen MR) is 68.1 cm³/mol. The number of nitrogens with zero attached hydrogens (tertiary/aromatic N) is 3. The van der Waals surface area contributed by atoms with Gasteiger partial charge in [0.05, 0.1) is 24.5 Å². The second-order valence-electron chi connectivity index (χ2n) is 3.81. The highest BCUT2D eigenvalue weighted by molar-refractivity contribution is 5.89. The molecule has 0 atom stereocenters. The maximum absolute atomic E-state index is 5.41. The highest BCUT2D eigenvalue weighted by Crippen LogP contribution is 2.28. The molecule has 0 aliphatic heterocycles. The number of hydrogen-bond donors (Lipinski definition) is 2. The van der Waals surface area contributed by atoms with Crippen molar-refractivity contribution in [1.82, 2.24) is 20.2 Å². The van der Waals surface area contributed by atoms with Gasteiger partial charge >= 0.3 is 0 Å². The van der Waals surface area contributed by atoms with Gasteiger partial charge in [-0.1, -0.05) is 12.1 Å². The van der Waals surface area contributed by atoms with Crippen molar-refractivity contribution in [2.24, 2.45) is 0 Å². The van der Waals surface area contributed by atoms with E-state index in [0.29, 0.717) is 5.69 Å². The molecule has 2 heterocycles. The molecule has 90 valence electrons. The zero-order valence-electron chi connectivity index (χ0n) is 9.71. The van der Waals surface area contributed by atoms with E-state index in [0.717, 1.165) is 22.3 Å². The third-order valence-corrected chi connectivity index (χ3v) is 2.69. The van der Waals surface area contributed by atoms with Gasteiger partial charge in [0.25, 0.3) is 0 Å². The molecule has 0 saturated heterocycles. The topological polar surface area (TPSA) is 89.7 Å². The second-order valence-corrected chi connectivity index (χ2v) is 3.81. The molecule has 0 unspecified atom stereocenters. The van der Waals surface area contributed by atoms with E-state index in [1.54, 1.807) is 13.3 Å². The molecule has 18 heavy (non-hydrogen) atoms. The van der Waals surface area contributed by atoms with Crippen LogP contribution in [-0.4, -0.2) is 27.3 Å². The molecule has 0 saturated carbocycles. The Bertz CT molecular complexity index is 689. The Hall–Kier alpha value is -2.63. The Balaban J connectivity index is 2.16. The molecule has 3 rings (SSSR count). The minimum Gasteiger partial charge on any atom is -0.495 e. The molecule has 3 aromatic rings. The van der Waals surface area contributed by atoms with Gasteiger partial charge in [-0.2, -0.15) is 0 Å². The number of aromatic amines is 1. The van der Waals surface area contributed by atoms with Gasteiger partial charge in [0.1, 0.15) is 11.4 Å². The van der Waals surface area contributed by atoms with Crippen LogP contribution in [0.3, 0.4) is 0 Å². The Morgan fingerprint density at radius 3 is 2.89 bits per heavy atom. The minimum atomic E-state index is 0.160. The first kappa shape index (κ1) is 10.5. The molecule has 3 N–H and O–H groups in total. The van der Waals surface area contributed by atoms with Crippen LogP contribution in [0.1, 0.15) is 0 Å². The van der Waals surface area contributed by atoms with Crippen LogP contribution in [-0.2, 0) is 0 Å². The van der Waals surface area contributed by atoms with E-state index < -0.39 is 0 Å². The summed E-state index contributed by atoms with van der Waals surface area (Å²) in [5, 5.41) is 8.77. The molecular formula is C12H11N5O. The van der Waals surface area contributed by atoms with Gasteiger partial charge in [0.2, 0.25) is 5.95 Å². The van der Waals surface area contributed by atoms with Crippen molar-refractivity contribution in [1.29, 1.82) is 0 Å². The number of nitrogens with two attached hydrogens (primary N) is 1. The van der Waals surface area contributed by atoms with Crippen molar-refractivity contribution < 1.29 is 4.74 Å². The minimum absolute atomic E-state index is 0.160. The molecule has 2 aromatic heterocycles. The fraction of sp³-hybridized carbons (Fsp3) is 0.0833. The van der Waals surface area contributed by atoms with Gasteiger partial charge in [0.15, 0.2) is 0 Å². The summed E-state index contributed by atoms with van der Waals surface area (Å²) >= 11 is 0. The molecule has 0 aliphatic carbocycles. The highest BCUT2D eigenvalue weighted by atomic mass is 16.5. The fourth-order valence-electron chi connectivity index (χ4n) is 1.84. The van der Waals surface area contributed by atoms with E-state index >= 15 is 0 Å². The Morgan fingerprint density at radius 1 is 1.28 bits per heavy atom. The third kappa shape index (κ3) is 1.64. The maximum atomic E-state index is 5.41. The first-order chi connectivity index (χ1) is 8.78. The molecular weight excluding hydrogens is 230 g/mol. The molecule has 0 aliphatic rings. The summed E-state index contributed by atoms with van der Waals surface area (Å²) in [6.45, 7) is 0. The van der Waals surface area contributed by atoms with Crippen molar-refractivity contribution in [3.63, 3.8) is 0 Å². The number of anilines is 1. The summed E-state index contributed by atoms with van der Waals surface area (Å²) in [4.78, 5) is 7.16. The quantitative estimate of drug-likeness (QED) is 0.711. The van der Waals surface area contributed by atoms with Crippen molar-refractivity contribution >= 4 is 16.9 Å². The largest absolute Gasteiger partial charge is 0.495 e. The van der Waals surface area contributed by atoms with Gasteiger partial charge < -0.3 is 15.5 Å². The van der Waals surface area contributed by atoms with Gasteiger partial charge in [-0.15, -0.1) is 10.2 Å². The van der Waals surface area contributed by atoms with Gasteiger partial charge in [-0.25, -0.2) is 4.98 Å². The zero-order chi connectivity index (χ0) is 12.5. The van der Waals surface area contributed by atoms with E-state index in [1.807, 2.05) is 24.3 Å². The number of H-pyrrole nitrogens is 1. The molecule has 0 bridgehead atoms. The number of fused-ring (bicyclic) bond motifs is 1. The van der Waals surface area contributed by atoms with Crippen molar-refractivity contribution in [2.75, 3.05) is 12.8 Å². The van der Waals surface area contributed by atoms with Crippen molar-refractivity contribution in [3.05, 3.63) is 30.5 Å². The molecule has 0 radical (unpaired) electrons. The SMILES string of the molecule is COc1cccc2cc(-c3cnc(N)nn3)[nH]c12. The summed E-state index contributed by atoms with van der Waals surface area (Å²) in [6.07, 6.45) is 1.58. The van der Waals surface area contributed by atoms with Crippen LogP contribution in [0.5, 0.6) is 5.75 Å². The van der Waals surface area contributed by atoms with Crippen LogP contribution in [0.15, 0.2) is 30.5 Å². The molecule has 0 amide bonds. The van der Waals surface area contributed by atoms with E-state index in [-0.39, 0.29) is 5.95 Å². The lowest BCUT2D eigenvalue weighted by Gasteiger charge is -2.00. The molecule has 0 spiro atoms. The molecule has 0 fully saturated rings. The van der Waals surface area contributed by atoms with Gasteiger partial charge in [0, 0.05) is 5.39 Å². The number of hydrogen-bond acceptors (Lipinski definition) is 5. The third-order valence-electron chi connectivity index (χ3n) is 2.69. The number of benzene rings is 1. The number of rotatable bonds is 2. The lowest BCUT2D eigenvalue weighted by atomic mass is 10.2. The van der Waals surface area contributed by atoms with Crippen LogP contribution in [0.4, 0.5) is 5.95 Å². The average Bonchev–Trinajstić information content (AvgIpc) is 2.83. The van der Waals surface area contributed by atoms with Gasteiger partial charge in [-0.05, 0) is 12.1 Å². The number of nitrogen functional groups attached to an aromatic ring is 1. The summed E-state index contributed by atoms with van der Waals surface area (Å²) < 4.78 is 5.29. The Kier molecular flexibility index (Phi) is 2.33. The summed E-state index contributed by atoms with van der Waals surface area (Å²) in [7, 11) is 1.64. The maximum Gasteiger partial charge on any atom is 0.240 e. The Labute approximate surface area is 103 Å². The smallest absolute Gasteiger partial charge is 0.240 e. The molecule has 6 nitrogen and oxygen atoms in total. The predicted octanol–water partition coefficient (Wildman–Crippen LogP) is 1.61.